The Morgan fingerprint density at radius 3 is 2.29 bits per heavy atom. The second kappa shape index (κ2) is 9.87. The van der Waals surface area contributed by atoms with Gasteiger partial charge in [-0.25, -0.2) is 0 Å². The van der Waals surface area contributed by atoms with E-state index in [9.17, 15) is 13.2 Å². The molecule has 0 aromatic heterocycles. The van der Waals surface area contributed by atoms with Crippen LogP contribution < -0.4 is 5.32 Å². The van der Waals surface area contributed by atoms with Gasteiger partial charge in [0.2, 0.25) is 5.91 Å². The fraction of sp³-hybridized carbons (Fsp3) is 0.950. The monoisotopic (exact) mass is 414 g/mol. The first-order valence-electron chi connectivity index (χ1n) is 11.1. The van der Waals surface area contributed by atoms with Gasteiger partial charge in [-0.2, -0.15) is 17.0 Å². The van der Waals surface area contributed by atoms with Crippen molar-refractivity contribution in [3.63, 3.8) is 0 Å². The van der Waals surface area contributed by atoms with E-state index in [1.54, 1.807) is 4.31 Å². The van der Waals surface area contributed by atoms with Crippen LogP contribution in [-0.2, 0) is 15.0 Å². The molecule has 28 heavy (non-hydrogen) atoms. The van der Waals surface area contributed by atoms with Gasteiger partial charge in [0.1, 0.15) is 0 Å². The van der Waals surface area contributed by atoms with E-state index in [0.29, 0.717) is 32.7 Å². The number of amides is 1. The highest BCUT2D eigenvalue weighted by Crippen LogP contribution is 2.24. The molecule has 3 heterocycles. The van der Waals surface area contributed by atoms with Crippen LogP contribution in [0.4, 0.5) is 0 Å². The van der Waals surface area contributed by atoms with Gasteiger partial charge in [0.15, 0.2) is 0 Å². The van der Waals surface area contributed by atoms with Gasteiger partial charge in [0, 0.05) is 45.8 Å². The number of likely N-dealkylation sites (tertiary alicyclic amines) is 1. The fourth-order valence-electron chi connectivity index (χ4n) is 5.08. The number of piperidine rings is 2. The molecule has 1 amide bonds. The Hall–Kier alpha value is -0.700. The zero-order valence-corrected chi connectivity index (χ0v) is 18.4. The Morgan fingerprint density at radius 1 is 0.964 bits per heavy atom. The normalized spacial score (nSPS) is 31.1. The summed E-state index contributed by atoms with van der Waals surface area (Å²) in [4.78, 5) is 15.1. The maximum Gasteiger partial charge on any atom is 0.281 e. The molecule has 0 saturated carbocycles. The summed E-state index contributed by atoms with van der Waals surface area (Å²) < 4.78 is 28.6. The molecular formula is C20H38N4O3S. The molecule has 3 fully saturated rings. The van der Waals surface area contributed by atoms with Gasteiger partial charge >= 0.3 is 0 Å². The number of carbonyl (C=O) groups excluding carboxylic acids is 1. The average Bonchev–Trinajstić information content (AvgIpc) is 3.20. The number of hydrogen-bond donors (Lipinski definition) is 1. The third-order valence-electron chi connectivity index (χ3n) is 6.37. The Kier molecular flexibility index (Phi) is 7.75. The predicted octanol–water partition coefficient (Wildman–Crippen LogP) is 1.52. The van der Waals surface area contributed by atoms with Crippen LogP contribution in [0.1, 0.15) is 52.4 Å². The van der Waals surface area contributed by atoms with Crippen molar-refractivity contribution in [2.24, 2.45) is 17.8 Å². The van der Waals surface area contributed by atoms with Crippen molar-refractivity contribution < 1.29 is 13.2 Å². The van der Waals surface area contributed by atoms with Crippen LogP contribution in [0.3, 0.4) is 0 Å². The van der Waals surface area contributed by atoms with Crippen LogP contribution in [0.5, 0.6) is 0 Å². The number of nitrogens with one attached hydrogen (secondary N) is 1. The molecular weight excluding hydrogens is 376 g/mol. The summed E-state index contributed by atoms with van der Waals surface area (Å²) in [6.45, 7) is 10.7. The van der Waals surface area contributed by atoms with Crippen molar-refractivity contribution in [1.29, 1.82) is 0 Å². The molecule has 0 aromatic rings. The Bertz CT molecular complexity index is 611. The van der Waals surface area contributed by atoms with Gasteiger partial charge in [-0.3, -0.25) is 4.79 Å². The molecule has 0 aromatic carbocycles. The molecule has 162 valence electrons. The van der Waals surface area contributed by atoms with Crippen LogP contribution in [0, 0.1) is 17.8 Å². The Labute approximate surface area is 171 Å². The van der Waals surface area contributed by atoms with Crippen LogP contribution in [0.25, 0.3) is 0 Å². The SMILES string of the molecule is C[C@@H]1C[C@H](C)CN(CCCNC(=O)[C@H]2CCCN(S(=O)(=O)N3CCCC3)C2)C1. The molecule has 3 aliphatic heterocycles. The lowest BCUT2D eigenvalue weighted by molar-refractivity contribution is -0.126. The summed E-state index contributed by atoms with van der Waals surface area (Å²) in [6, 6.07) is 0. The van der Waals surface area contributed by atoms with E-state index in [1.165, 1.54) is 10.7 Å². The average molecular weight is 415 g/mol. The maximum absolute atomic E-state index is 12.8. The highest BCUT2D eigenvalue weighted by molar-refractivity contribution is 7.86. The number of nitrogens with zero attached hydrogens (tertiary/aromatic N) is 3. The molecule has 0 spiro atoms. The van der Waals surface area contributed by atoms with E-state index >= 15 is 0 Å². The Morgan fingerprint density at radius 2 is 1.61 bits per heavy atom. The molecule has 0 bridgehead atoms. The predicted molar refractivity (Wildman–Crippen MR) is 111 cm³/mol. The van der Waals surface area contributed by atoms with E-state index in [1.807, 2.05) is 0 Å². The van der Waals surface area contributed by atoms with Crippen molar-refractivity contribution in [3.8, 4) is 0 Å². The topological polar surface area (TPSA) is 73.0 Å². The highest BCUT2D eigenvalue weighted by Gasteiger charge is 2.36. The number of carbonyl (C=O) groups is 1. The second-order valence-electron chi connectivity index (χ2n) is 9.16. The van der Waals surface area contributed by atoms with Gasteiger partial charge in [0.05, 0.1) is 5.92 Å². The van der Waals surface area contributed by atoms with Gasteiger partial charge in [0.25, 0.3) is 10.2 Å². The minimum absolute atomic E-state index is 0.0155. The number of hydrogen-bond acceptors (Lipinski definition) is 4. The molecule has 3 atom stereocenters. The van der Waals surface area contributed by atoms with Crippen LogP contribution >= 0.6 is 0 Å². The smallest absolute Gasteiger partial charge is 0.281 e. The molecule has 3 aliphatic rings. The molecule has 3 saturated heterocycles. The van der Waals surface area contributed by atoms with Gasteiger partial charge < -0.3 is 10.2 Å². The lowest BCUT2D eigenvalue weighted by Gasteiger charge is -2.35. The first-order chi connectivity index (χ1) is 13.4. The van der Waals surface area contributed by atoms with Crippen molar-refractivity contribution in [3.05, 3.63) is 0 Å². The summed E-state index contributed by atoms with van der Waals surface area (Å²) in [5.74, 6) is 1.30. The minimum atomic E-state index is -3.40. The zero-order chi connectivity index (χ0) is 20.1. The summed E-state index contributed by atoms with van der Waals surface area (Å²) in [5, 5.41) is 3.06. The minimum Gasteiger partial charge on any atom is -0.356 e. The first kappa shape index (κ1) is 22.0. The van der Waals surface area contributed by atoms with E-state index in [-0.39, 0.29) is 11.8 Å². The van der Waals surface area contributed by atoms with Gasteiger partial charge in [-0.15, -0.1) is 0 Å². The van der Waals surface area contributed by atoms with Crippen molar-refractivity contribution in [2.45, 2.75) is 52.4 Å². The maximum atomic E-state index is 12.8. The first-order valence-corrected chi connectivity index (χ1v) is 12.5. The highest BCUT2D eigenvalue weighted by atomic mass is 32.2. The molecule has 8 heteroatoms. The molecule has 0 radical (unpaired) electrons. The fourth-order valence-corrected chi connectivity index (χ4v) is 6.86. The molecule has 0 aliphatic carbocycles. The van der Waals surface area contributed by atoms with E-state index in [0.717, 1.165) is 63.6 Å². The van der Waals surface area contributed by atoms with E-state index in [4.69, 9.17) is 0 Å². The lowest BCUT2D eigenvalue weighted by Crippen LogP contribution is -2.50. The third-order valence-corrected chi connectivity index (χ3v) is 8.37. The molecule has 7 nitrogen and oxygen atoms in total. The van der Waals surface area contributed by atoms with Gasteiger partial charge in [-0.1, -0.05) is 13.8 Å². The van der Waals surface area contributed by atoms with Gasteiger partial charge in [-0.05, 0) is 56.9 Å². The summed E-state index contributed by atoms with van der Waals surface area (Å²) in [7, 11) is -3.40. The Balaban J connectivity index is 1.40. The third kappa shape index (κ3) is 5.68. The largest absolute Gasteiger partial charge is 0.356 e. The number of rotatable bonds is 7. The van der Waals surface area contributed by atoms with Crippen LogP contribution in [0.2, 0.25) is 0 Å². The van der Waals surface area contributed by atoms with Crippen LogP contribution in [0.15, 0.2) is 0 Å². The van der Waals surface area contributed by atoms with Crippen molar-refractivity contribution in [1.82, 2.24) is 18.8 Å². The summed E-state index contributed by atoms with van der Waals surface area (Å²) in [6.07, 6.45) is 5.67. The van der Waals surface area contributed by atoms with E-state index in [2.05, 4.69) is 24.1 Å². The second-order valence-corrected chi connectivity index (χ2v) is 11.1. The standard InChI is InChI=1S/C20H38N4O3S/c1-17-13-18(2)15-22(14-17)9-6-8-21-20(25)19-7-5-12-24(16-19)28(26,27)23-10-3-4-11-23/h17-19H,3-16H2,1-2H3,(H,21,25)/t17-,18+,19-/m0/s1. The summed E-state index contributed by atoms with van der Waals surface area (Å²) in [5.41, 5.74) is 0. The van der Waals surface area contributed by atoms with Crippen LogP contribution in [-0.4, -0.2) is 80.2 Å². The van der Waals surface area contributed by atoms with Crippen molar-refractivity contribution in [2.75, 3.05) is 52.4 Å². The van der Waals surface area contributed by atoms with E-state index < -0.39 is 10.2 Å². The zero-order valence-electron chi connectivity index (χ0n) is 17.6. The molecule has 0 unspecified atom stereocenters. The molecule has 3 rings (SSSR count). The quantitative estimate of drug-likeness (QED) is 0.641. The summed E-state index contributed by atoms with van der Waals surface area (Å²) >= 11 is 0. The lowest BCUT2D eigenvalue weighted by atomic mass is 9.92. The molecule has 1 N–H and O–H groups in total. The van der Waals surface area contributed by atoms with Crippen molar-refractivity contribution >= 4 is 16.1 Å².